The molecule has 1 saturated carbocycles. The summed E-state index contributed by atoms with van der Waals surface area (Å²) in [4.78, 5) is 24.3. The number of rotatable bonds is 2. The maximum Gasteiger partial charge on any atom is 0.262 e. The second-order valence-electron chi connectivity index (χ2n) is 6.12. The van der Waals surface area contributed by atoms with Crippen molar-refractivity contribution in [1.29, 1.82) is 0 Å². The molecule has 0 saturated heterocycles. The van der Waals surface area contributed by atoms with E-state index >= 15 is 0 Å². The van der Waals surface area contributed by atoms with Crippen LogP contribution >= 0.6 is 15.9 Å². The van der Waals surface area contributed by atoms with Gasteiger partial charge in [0, 0.05) is 15.5 Å². The van der Waals surface area contributed by atoms with Gasteiger partial charge in [-0.25, -0.2) is 0 Å². The van der Waals surface area contributed by atoms with Gasteiger partial charge in [-0.3, -0.25) is 9.59 Å². The van der Waals surface area contributed by atoms with E-state index in [9.17, 15) is 9.59 Å². The summed E-state index contributed by atoms with van der Waals surface area (Å²) in [5.74, 6) is 0.561. The van der Waals surface area contributed by atoms with E-state index in [0.29, 0.717) is 21.5 Å². The topological polar surface area (TPSA) is 55.4 Å². The van der Waals surface area contributed by atoms with E-state index in [4.69, 9.17) is 4.74 Å². The van der Waals surface area contributed by atoms with Crippen molar-refractivity contribution in [3.05, 3.63) is 22.2 Å². The van der Waals surface area contributed by atoms with Crippen LogP contribution in [0.4, 0.5) is 5.69 Å². The first-order valence-corrected chi connectivity index (χ1v) is 8.10. The van der Waals surface area contributed by atoms with E-state index in [1.54, 1.807) is 12.1 Å². The van der Waals surface area contributed by atoms with Crippen LogP contribution < -0.4 is 10.1 Å². The lowest BCUT2D eigenvalue weighted by Crippen LogP contribution is -2.31. The van der Waals surface area contributed by atoms with E-state index < -0.39 is 0 Å². The van der Waals surface area contributed by atoms with Gasteiger partial charge in [-0.15, -0.1) is 0 Å². The quantitative estimate of drug-likeness (QED) is 0.821. The molecule has 1 aliphatic carbocycles. The van der Waals surface area contributed by atoms with Gasteiger partial charge in [0.05, 0.1) is 5.69 Å². The Bertz CT molecular complexity index is 606. The summed E-state index contributed by atoms with van der Waals surface area (Å²) in [6.45, 7) is 2.06. The Balaban J connectivity index is 1.95. The molecule has 0 bridgehead atoms. The number of hydrogen-bond acceptors (Lipinski definition) is 3. The lowest BCUT2D eigenvalue weighted by atomic mass is 9.71. The molecule has 112 valence electrons. The van der Waals surface area contributed by atoms with Crippen LogP contribution in [0, 0.1) is 5.41 Å². The van der Waals surface area contributed by atoms with Gasteiger partial charge >= 0.3 is 0 Å². The highest BCUT2D eigenvalue weighted by molar-refractivity contribution is 9.10. The zero-order valence-electron chi connectivity index (χ0n) is 12.0. The Morgan fingerprint density at radius 3 is 2.71 bits per heavy atom. The molecule has 2 aliphatic rings. The number of Topliss-reactive ketones (excluding diaryl/α,β-unsaturated/α-hetero) is 1. The molecule has 3 rings (SSSR count). The Morgan fingerprint density at radius 2 is 2.00 bits per heavy atom. The number of ether oxygens (including phenoxy) is 1. The normalized spacial score (nSPS) is 20.2. The zero-order valence-corrected chi connectivity index (χ0v) is 13.6. The van der Waals surface area contributed by atoms with E-state index in [-0.39, 0.29) is 23.7 Å². The second-order valence-corrected chi connectivity index (χ2v) is 6.97. The van der Waals surface area contributed by atoms with Crippen LogP contribution in [-0.4, -0.2) is 18.3 Å². The molecule has 0 atom stereocenters. The molecular formula is C16H18BrNO3. The molecule has 0 spiro atoms. The Morgan fingerprint density at radius 1 is 1.29 bits per heavy atom. The van der Waals surface area contributed by atoms with Crippen LogP contribution in [0.1, 0.15) is 49.4 Å². The average molecular weight is 352 g/mol. The van der Waals surface area contributed by atoms with E-state index in [1.165, 1.54) is 6.42 Å². The van der Waals surface area contributed by atoms with Crippen LogP contribution in [0.3, 0.4) is 0 Å². The number of nitrogens with one attached hydrogen (secondary N) is 1. The molecule has 1 N–H and O–H groups in total. The summed E-state index contributed by atoms with van der Waals surface area (Å²) in [6.07, 6.45) is 5.30. The highest BCUT2D eigenvalue weighted by atomic mass is 79.9. The van der Waals surface area contributed by atoms with Crippen molar-refractivity contribution in [2.45, 2.75) is 39.0 Å². The van der Waals surface area contributed by atoms with Gasteiger partial charge < -0.3 is 10.1 Å². The van der Waals surface area contributed by atoms with Crippen LogP contribution in [0.5, 0.6) is 5.75 Å². The predicted octanol–water partition coefficient (Wildman–Crippen LogP) is 3.93. The van der Waals surface area contributed by atoms with Gasteiger partial charge in [0.25, 0.3) is 5.91 Å². The first kappa shape index (κ1) is 14.6. The highest BCUT2D eigenvalue weighted by Crippen LogP contribution is 2.42. The van der Waals surface area contributed by atoms with Crippen molar-refractivity contribution in [2.75, 3.05) is 11.9 Å². The summed E-state index contributed by atoms with van der Waals surface area (Å²) in [5.41, 5.74) is 0.977. The second kappa shape index (κ2) is 5.44. The number of hydrogen-bond donors (Lipinski definition) is 1. The first-order chi connectivity index (χ1) is 9.99. The molecule has 1 aliphatic heterocycles. The fourth-order valence-electron chi connectivity index (χ4n) is 3.16. The largest absolute Gasteiger partial charge is 0.482 e. The first-order valence-electron chi connectivity index (χ1n) is 7.31. The molecule has 1 aromatic rings. The van der Waals surface area contributed by atoms with Gasteiger partial charge in [0.1, 0.15) is 5.75 Å². The van der Waals surface area contributed by atoms with Crippen LogP contribution in [0.25, 0.3) is 0 Å². The molecule has 1 fully saturated rings. The number of benzene rings is 1. The maximum absolute atomic E-state index is 12.9. The maximum atomic E-state index is 12.9. The fourth-order valence-corrected chi connectivity index (χ4v) is 3.68. The number of amides is 1. The van der Waals surface area contributed by atoms with Crippen molar-refractivity contribution in [3.63, 3.8) is 0 Å². The standard InChI is InChI=1S/C16H18BrNO3/c1-16(5-3-2-4-6-16)15(20)10-7-13-12(8-11(10)17)18-14(19)9-21-13/h7-8H,2-6,9H2,1H3,(H,18,19). The number of carbonyl (C=O) groups is 2. The lowest BCUT2D eigenvalue weighted by molar-refractivity contribution is -0.118. The van der Waals surface area contributed by atoms with E-state index in [0.717, 1.165) is 25.7 Å². The molecular weight excluding hydrogens is 334 g/mol. The smallest absolute Gasteiger partial charge is 0.262 e. The molecule has 1 heterocycles. The minimum absolute atomic E-state index is 0.000466. The van der Waals surface area contributed by atoms with Gasteiger partial charge in [0.15, 0.2) is 12.4 Å². The number of carbonyl (C=O) groups excluding carboxylic acids is 2. The molecule has 0 radical (unpaired) electrons. The number of halogens is 1. The van der Waals surface area contributed by atoms with Crippen molar-refractivity contribution in [2.24, 2.45) is 5.41 Å². The lowest BCUT2D eigenvalue weighted by Gasteiger charge is -2.32. The van der Waals surface area contributed by atoms with Gasteiger partial charge in [-0.05, 0) is 40.9 Å². The summed E-state index contributed by atoms with van der Waals surface area (Å²) in [6, 6.07) is 3.51. The van der Waals surface area contributed by atoms with Gasteiger partial charge in [-0.1, -0.05) is 26.2 Å². The Labute approximate surface area is 132 Å². The van der Waals surface area contributed by atoms with Crippen molar-refractivity contribution in [3.8, 4) is 5.75 Å². The number of fused-ring (bicyclic) bond motifs is 1. The fraction of sp³-hybridized carbons (Fsp3) is 0.500. The third-order valence-electron chi connectivity index (χ3n) is 4.45. The number of anilines is 1. The summed E-state index contributed by atoms with van der Waals surface area (Å²) >= 11 is 3.46. The van der Waals surface area contributed by atoms with Gasteiger partial charge in [-0.2, -0.15) is 0 Å². The third kappa shape index (κ3) is 2.71. The highest BCUT2D eigenvalue weighted by Gasteiger charge is 2.36. The number of ketones is 1. The van der Waals surface area contributed by atoms with Crippen molar-refractivity contribution < 1.29 is 14.3 Å². The Kier molecular flexibility index (Phi) is 3.78. The predicted molar refractivity (Wildman–Crippen MR) is 83.8 cm³/mol. The molecule has 21 heavy (non-hydrogen) atoms. The Hall–Kier alpha value is -1.36. The molecule has 0 aromatic heterocycles. The summed E-state index contributed by atoms with van der Waals surface area (Å²) < 4.78 is 6.13. The zero-order chi connectivity index (χ0) is 15.0. The van der Waals surface area contributed by atoms with E-state index in [2.05, 4.69) is 28.2 Å². The third-order valence-corrected chi connectivity index (χ3v) is 5.11. The monoisotopic (exact) mass is 351 g/mol. The molecule has 0 unspecified atom stereocenters. The minimum atomic E-state index is -0.285. The van der Waals surface area contributed by atoms with Crippen molar-refractivity contribution >= 4 is 33.3 Å². The molecule has 1 aromatic carbocycles. The molecule has 4 nitrogen and oxygen atoms in total. The van der Waals surface area contributed by atoms with Crippen LogP contribution in [0.2, 0.25) is 0 Å². The summed E-state index contributed by atoms with van der Waals surface area (Å²) in [7, 11) is 0. The molecule has 5 heteroatoms. The average Bonchev–Trinajstić information content (AvgIpc) is 2.46. The van der Waals surface area contributed by atoms with E-state index in [1.807, 2.05) is 0 Å². The van der Waals surface area contributed by atoms with Crippen LogP contribution in [0.15, 0.2) is 16.6 Å². The minimum Gasteiger partial charge on any atom is -0.482 e. The van der Waals surface area contributed by atoms with Gasteiger partial charge in [0.2, 0.25) is 0 Å². The van der Waals surface area contributed by atoms with Crippen LogP contribution in [-0.2, 0) is 4.79 Å². The molecule has 1 amide bonds. The summed E-state index contributed by atoms with van der Waals surface area (Å²) in [5, 5.41) is 2.75. The SMILES string of the molecule is CC1(C(=O)c2cc3c(cc2Br)NC(=O)CO3)CCCCC1. The van der Waals surface area contributed by atoms with Crippen molar-refractivity contribution in [1.82, 2.24) is 0 Å².